The van der Waals surface area contributed by atoms with Crippen LogP contribution >= 0.6 is 0 Å². The zero-order chi connectivity index (χ0) is 13.3. The number of amides is 1. The van der Waals surface area contributed by atoms with E-state index in [1.807, 2.05) is 0 Å². The van der Waals surface area contributed by atoms with E-state index < -0.39 is 11.7 Å². The molecule has 0 radical (unpaired) electrons. The van der Waals surface area contributed by atoms with E-state index >= 15 is 0 Å². The molecule has 0 heterocycles. The van der Waals surface area contributed by atoms with E-state index in [9.17, 15) is 14.3 Å². The predicted octanol–water partition coefficient (Wildman–Crippen LogP) is 2.84. The third-order valence-corrected chi connectivity index (χ3v) is 3.51. The average molecular weight is 251 g/mol. The Morgan fingerprint density at radius 3 is 2.83 bits per heavy atom. The molecule has 1 aliphatic rings. The van der Waals surface area contributed by atoms with Crippen molar-refractivity contribution < 1.29 is 14.3 Å². The van der Waals surface area contributed by atoms with Crippen LogP contribution in [0.4, 0.5) is 4.39 Å². The van der Waals surface area contributed by atoms with Gasteiger partial charge in [0.15, 0.2) is 0 Å². The van der Waals surface area contributed by atoms with Crippen molar-refractivity contribution in [2.45, 2.75) is 39.2 Å². The Balaban J connectivity index is 2.06. The minimum absolute atomic E-state index is 0.000272. The van der Waals surface area contributed by atoms with Gasteiger partial charge < -0.3 is 10.4 Å². The lowest BCUT2D eigenvalue weighted by atomic mass is 9.92. The summed E-state index contributed by atoms with van der Waals surface area (Å²) in [6.07, 6.45) is 2.90. The summed E-state index contributed by atoms with van der Waals surface area (Å²) in [5.74, 6) is -1.12. The number of carbonyl (C=O) groups excluding carboxylic acids is 1. The first kappa shape index (κ1) is 12.9. The molecule has 1 atom stereocenters. The molecule has 1 saturated carbocycles. The largest absolute Gasteiger partial charge is 0.507 e. The lowest BCUT2D eigenvalue weighted by Crippen LogP contribution is -2.33. The van der Waals surface area contributed by atoms with Crippen LogP contribution in [0.5, 0.6) is 5.75 Å². The molecule has 2 N–H and O–H groups in total. The molecule has 2 rings (SSSR count). The van der Waals surface area contributed by atoms with Gasteiger partial charge in [-0.15, -0.1) is 0 Å². The summed E-state index contributed by atoms with van der Waals surface area (Å²) in [5, 5.41) is 12.4. The Labute approximate surface area is 106 Å². The summed E-state index contributed by atoms with van der Waals surface area (Å²) in [5.41, 5.74) is 0.238. The van der Waals surface area contributed by atoms with E-state index in [4.69, 9.17) is 0 Å². The summed E-state index contributed by atoms with van der Waals surface area (Å²) in [4.78, 5) is 11.9. The Kier molecular flexibility index (Phi) is 3.28. The second-order valence-corrected chi connectivity index (χ2v) is 5.74. The van der Waals surface area contributed by atoms with Gasteiger partial charge in [0.2, 0.25) is 0 Å². The third kappa shape index (κ3) is 2.81. The normalized spacial score (nSPS) is 21.8. The highest BCUT2D eigenvalue weighted by Crippen LogP contribution is 2.37. The number of halogens is 1. The molecule has 0 aromatic heterocycles. The molecule has 0 spiro atoms. The monoisotopic (exact) mass is 251 g/mol. The molecule has 4 heteroatoms. The maximum atomic E-state index is 13.1. The highest BCUT2D eigenvalue weighted by molar-refractivity contribution is 5.97. The van der Waals surface area contributed by atoms with Crippen molar-refractivity contribution in [1.29, 1.82) is 0 Å². The first-order chi connectivity index (χ1) is 8.37. The van der Waals surface area contributed by atoms with Crippen LogP contribution in [0, 0.1) is 11.2 Å². The number of hydrogen-bond acceptors (Lipinski definition) is 2. The fourth-order valence-corrected chi connectivity index (χ4v) is 2.51. The van der Waals surface area contributed by atoms with Gasteiger partial charge in [0.1, 0.15) is 11.6 Å². The molecule has 0 bridgehead atoms. The van der Waals surface area contributed by atoms with Gasteiger partial charge >= 0.3 is 0 Å². The van der Waals surface area contributed by atoms with Gasteiger partial charge in [0, 0.05) is 6.04 Å². The molecule has 1 aliphatic carbocycles. The molecular formula is C14H18FNO2. The number of phenolic OH excluding ortho intramolecular Hbond substituents is 1. The summed E-state index contributed by atoms with van der Waals surface area (Å²) in [6.45, 7) is 4.33. The molecule has 18 heavy (non-hydrogen) atoms. The van der Waals surface area contributed by atoms with Crippen LogP contribution in [-0.4, -0.2) is 17.1 Å². The topological polar surface area (TPSA) is 49.3 Å². The first-order valence-electron chi connectivity index (χ1n) is 6.17. The highest BCUT2D eigenvalue weighted by Gasteiger charge is 2.32. The van der Waals surface area contributed by atoms with Gasteiger partial charge in [-0.2, -0.15) is 0 Å². The Morgan fingerprint density at radius 1 is 1.50 bits per heavy atom. The van der Waals surface area contributed by atoms with Crippen LogP contribution in [-0.2, 0) is 0 Å². The zero-order valence-electron chi connectivity index (χ0n) is 10.7. The van der Waals surface area contributed by atoms with E-state index in [0.717, 1.165) is 31.4 Å². The number of rotatable bonds is 2. The standard InChI is InChI=1S/C14H18FNO2/c1-14(2)6-5-10(8-14)16-13(18)11-7-9(15)3-4-12(11)17/h3-4,7,10,17H,5-6,8H2,1-2H3,(H,16,18). The smallest absolute Gasteiger partial charge is 0.255 e. The number of phenols is 1. The second-order valence-electron chi connectivity index (χ2n) is 5.74. The SMILES string of the molecule is CC1(C)CCC(NC(=O)c2cc(F)ccc2O)C1. The minimum Gasteiger partial charge on any atom is -0.507 e. The van der Waals surface area contributed by atoms with Gasteiger partial charge in [0.25, 0.3) is 5.91 Å². The van der Waals surface area contributed by atoms with E-state index in [1.165, 1.54) is 6.07 Å². The molecule has 1 aromatic rings. The number of carbonyl (C=O) groups is 1. The van der Waals surface area contributed by atoms with Crippen molar-refractivity contribution in [2.24, 2.45) is 5.41 Å². The van der Waals surface area contributed by atoms with Gasteiger partial charge in [-0.3, -0.25) is 4.79 Å². The lowest BCUT2D eigenvalue weighted by Gasteiger charge is -2.18. The summed E-state index contributed by atoms with van der Waals surface area (Å²) in [7, 11) is 0. The molecule has 1 aromatic carbocycles. The van der Waals surface area contributed by atoms with E-state index in [0.29, 0.717) is 0 Å². The Bertz CT molecular complexity index is 471. The molecular weight excluding hydrogens is 233 g/mol. The molecule has 1 amide bonds. The maximum Gasteiger partial charge on any atom is 0.255 e. The van der Waals surface area contributed by atoms with Crippen molar-refractivity contribution in [3.63, 3.8) is 0 Å². The molecule has 3 nitrogen and oxygen atoms in total. The van der Waals surface area contributed by atoms with Gasteiger partial charge in [-0.05, 0) is 42.9 Å². The lowest BCUT2D eigenvalue weighted by molar-refractivity contribution is 0.0933. The Morgan fingerprint density at radius 2 is 2.22 bits per heavy atom. The van der Waals surface area contributed by atoms with Gasteiger partial charge in [-0.1, -0.05) is 13.8 Å². The van der Waals surface area contributed by atoms with Crippen molar-refractivity contribution >= 4 is 5.91 Å². The second kappa shape index (κ2) is 4.59. The zero-order valence-corrected chi connectivity index (χ0v) is 10.7. The molecule has 98 valence electrons. The molecule has 1 fully saturated rings. The van der Waals surface area contributed by atoms with Gasteiger partial charge in [-0.25, -0.2) is 4.39 Å². The van der Waals surface area contributed by atoms with Crippen molar-refractivity contribution in [2.75, 3.05) is 0 Å². The summed E-state index contributed by atoms with van der Waals surface area (Å²) in [6, 6.07) is 3.49. The van der Waals surface area contributed by atoms with Crippen LogP contribution in [0.2, 0.25) is 0 Å². The van der Waals surface area contributed by atoms with Crippen molar-refractivity contribution in [3.05, 3.63) is 29.6 Å². The Hall–Kier alpha value is -1.58. The van der Waals surface area contributed by atoms with Crippen LogP contribution in [0.25, 0.3) is 0 Å². The fraction of sp³-hybridized carbons (Fsp3) is 0.500. The number of nitrogens with one attached hydrogen (secondary N) is 1. The average Bonchev–Trinajstić information content (AvgIpc) is 2.61. The van der Waals surface area contributed by atoms with Crippen LogP contribution in [0.15, 0.2) is 18.2 Å². The van der Waals surface area contributed by atoms with Crippen molar-refractivity contribution in [1.82, 2.24) is 5.32 Å². The van der Waals surface area contributed by atoms with Crippen molar-refractivity contribution in [3.8, 4) is 5.75 Å². The predicted molar refractivity (Wildman–Crippen MR) is 67.0 cm³/mol. The van der Waals surface area contributed by atoms with Crippen LogP contribution < -0.4 is 5.32 Å². The molecule has 0 aliphatic heterocycles. The number of aromatic hydroxyl groups is 1. The van der Waals surface area contributed by atoms with E-state index in [-0.39, 0.29) is 22.8 Å². The summed E-state index contributed by atoms with van der Waals surface area (Å²) < 4.78 is 13.1. The minimum atomic E-state index is -0.523. The fourth-order valence-electron chi connectivity index (χ4n) is 2.51. The maximum absolute atomic E-state index is 13.1. The molecule has 1 unspecified atom stereocenters. The van der Waals surface area contributed by atoms with Gasteiger partial charge in [0.05, 0.1) is 5.56 Å². The third-order valence-electron chi connectivity index (χ3n) is 3.51. The summed E-state index contributed by atoms with van der Waals surface area (Å²) >= 11 is 0. The van der Waals surface area contributed by atoms with E-state index in [2.05, 4.69) is 19.2 Å². The number of hydrogen-bond donors (Lipinski definition) is 2. The quantitative estimate of drug-likeness (QED) is 0.849. The van der Waals surface area contributed by atoms with E-state index in [1.54, 1.807) is 0 Å². The van der Waals surface area contributed by atoms with Crippen LogP contribution in [0.1, 0.15) is 43.5 Å². The van der Waals surface area contributed by atoms with Crippen LogP contribution in [0.3, 0.4) is 0 Å². The number of benzene rings is 1. The first-order valence-corrected chi connectivity index (χ1v) is 6.17. The highest BCUT2D eigenvalue weighted by atomic mass is 19.1. The molecule has 0 saturated heterocycles.